The third kappa shape index (κ3) is 5.70. The monoisotopic (exact) mass is 448 g/mol. The van der Waals surface area contributed by atoms with Crippen LogP contribution in [0.4, 0.5) is 18.9 Å². The van der Waals surface area contributed by atoms with Crippen LogP contribution in [0.2, 0.25) is 0 Å². The Balaban J connectivity index is 1.65. The molecule has 0 radical (unpaired) electrons. The maximum Gasteiger partial charge on any atom is 0.417 e. The van der Waals surface area contributed by atoms with Crippen LogP contribution in [-0.4, -0.2) is 55.1 Å². The van der Waals surface area contributed by atoms with Gasteiger partial charge in [-0.25, -0.2) is 5.43 Å². The van der Waals surface area contributed by atoms with E-state index in [2.05, 4.69) is 10.4 Å². The molecular weight excluding hydrogens is 429 g/mol. The molecule has 3 rings (SSSR count). The summed E-state index contributed by atoms with van der Waals surface area (Å²) in [5.41, 5.74) is 0.987. The largest absolute Gasteiger partial charge is 0.417 e. The zero-order valence-corrected chi connectivity index (χ0v) is 16.7. The van der Waals surface area contributed by atoms with Gasteiger partial charge in [-0.15, -0.1) is 0 Å². The molecule has 1 aliphatic heterocycles. The molecule has 0 bridgehead atoms. The van der Waals surface area contributed by atoms with Crippen molar-refractivity contribution in [2.24, 2.45) is 5.10 Å². The Labute approximate surface area is 181 Å². The zero-order valence-electron chi connectivity index (χ0n) is 16.7. The van der Waals surface area contributed by atoms with E-state index in [1.807, 2.05) is 5.43 Å². The molecule has 1 aliphatic rings. The first-order chi connectivity index (χ1) is 15.3. The topological polar surface area (TPSA) is 100 Å². The van der Waals surface area contributed by atoms with Gasteiger partial charge in [0.25, 0.3) is 5.91 Å². The van der Waals surface area contributed by atoms with Crippen LogP contribution in [0.1, 0.15) is 21.5 Å². The number of amides is 3. The summed E-state index contributed by atoms with van der Waals surface area (Å²) in [6.07, 6.45) is -3.80. The Hall–Kier alpha value is -3.73. The molecule has 168 valence electrons. The van der Waals surface area contributed by atoms with E-state index in [1.54, 1.807) is 17.0 Å². The molecule has 2 aromatic carbocycles. The second-order valence-electron chi connectivity index (χ2n) is 6.69. The molecule has 1 heterocycles. The second-order valence-corrected chi connectivity index (χ2v) is 6.69. The number of alkyl halides is 3. The predicted octanol–water partition coefficient (Wildman–Crippen LogP) is 2.27. The summed E-state index contributed by atoms with van der Waals surface area (Å²) in [5.74, 6) is -2.67. The van der Waals surface area contributed by atoms with Gasteiger partial charge in [-0.2, -0.15) is 18.3 Å². The maximum atomic E-state index is 13.0. The van der Waals surface area contributed by atoms with Crippen LogP contribution in [0, 0.1) is 0 Å². The van der Waals surface area contributed by atoms with E-state index in [0.717, 1.165) is 12.3 Å². The normalized spacial score (nSPS) is 14.3. The predicted molar refractivity (Wildman–Crippen MR) is 109 cm³/mol. The van der Waals surface area contributed by atoms with Crippen molar-refractivity contribution < 1.29 is 32.3 Å². The van der Waals surface area contributed by atoms with E-state index in [0.29, 0.717) is 26.3 Å². The van der Waals surface area contributed by atoms with Crippen LogP contribution < -0.4 is 10.7 Å². The molecule has 1 saturated heterocycles. The molecule has 32 heavy (non-hydrogen) atoms. The number of hydrogen-bond donors (Lipinski definition) is 2. The molecule has 0 aromatic heterocycles. The first-order valence-electron chi connectivity index (χ1n) is 9.54. The highest BCUT2D eigenvalue weighted by Crippen LogP contribution is 2.31. The average molecular weight is 448 g/mol. The fourth-order valence-corrected chi connectivity index (χ4v) is 2.97. The van der Waals surface area contributed by atoms with Crippen LogP contribution in [0.15, 0.2) is 53.6 Å². The van der Waals surface area contributed by atoms with Crippen molar-refractivity contribution in [3.8, 4) is 0 Å². The Bertz CT molecular complexity index is 1030. The smallest absolute Gasteiger partial charge is 0.378 e. The van der Waals surface area contributed by atoms with Crippen LogP contribution in [-0.2, 0) is 20.5 Å². The van der Waals surface area contributed by atoms with E-state index in [1.165, 1.54) is 30.3 Å². The third-order valence-corrected chi connectivity index (χ3v) is 4.55. The van der Waals surface area contributed by atoms with Gasteiger partial charge in [0, 0.05) is 18.7 Å². The number of nitrogens with one attached hydrogen (secondary N) is 2. The van der Waals surface area contributed by atoms with Crippen molar-refractivity contribution in [2.45, 2.75) is 6.18 Å². The summed E-state index contributed by atoms with van der Waals surface area (Å²) in [6, 6.07) is 10.8. The van der Waals surface area contributed by atoms with Gasteiger partial charge >= 0.3 is 18.0 Å². The van der Waals surface area contributed by atoms with E-state index in [4.69, 9.17) is 4.74 Å². The minimum absolute atomic E-state index is 0.121. The van der Waals surface area contributed by atoms with E-state index < -0.39 is 23.6 Å². The molecule has 0 aliphatic carbocycles. The number of rotatable bonds is 4. The molecule has 1 fully saturated rings. The molecule has 3 amide bonds. The molecule has 2 N–H and O–H groups in total. The fraction of sp³-hybridized carbons (Fsp3) is 0.238. The van der Waals surface area contributed by atoms with E-state index in [9.17, 15) is 27.6 Å². The summed E-state index contributed by atoms with van der Waals surface area (Å²) >= 11 is 0. The Morgan fingerprint density at radius 2 is 1.62 bits per heavy atom. The van der Waals surface area contributed by atoms with Gasteiger partial charge in [-0.1, -0.05) is 30.3 Å². The minimum Gasteiger partial charge on any atom is -0.378 e. The standard InChI is InChI=1S/C21H19F3N4O4/c22-21(23,24)16-7-3-1-5-14(16)13-25-27-19(30)18(29)26-17-8-4-2-6-15(17)20(31)28-9-11-32-12-10-28/h1-8,13H,9-12H2,(H,26,29)(H,27,30)/b25-13-. The van der Waals surface area contributed by atoms with Gasteiger partial charge < -0.3 is 15.0 Å². The van der Waals surface area contributed by atoms with Crippen LogP contribution in [0.3, 0.4) is 0 Å². The lowest BCUT2D eigenvalue weighted by Gasteiger charge is -2.27. The van der Waals surface area contributed by atoms with Crippen molar-refractivity contribution in [1.82, 2.24) is 10.3 Å². The zero-order chi connectivity index (χ0) is 23.1. The number of nitrogens with zero attached hydrogens (tertiary/aromatic N) is 2. The van der Waals surface area contributed by atoms with Crippen LogP contribution in [0.5, 0.6) is 0 Å². The molecule has 2 aromatic rings. The molecule has 0 atom stereocenters. The van der Waals surface area contributed by atoms with Gasteiger partial charge in [0.15, 0.2) is 0 Å². The molecule has 0 saturated carbocycles. The van der Waals surface area contributed by atoms with Crippen molar-refractivity contribution in [3.05, 3.63) is 65.2 Å². The number of carbonyl (C=O) groups excluding carboxylic acids is 3. The van der Waals surface area contributed by atoms with Crippen molar-refractivity contribution in [3.63, 3.8) is 0 Å². The van der Waals surface area contributed by atoms with Gasteiger partial charge in [0.2, 0.25) is 0 Å². The molecule has 8 nitrogen and oxygen atoms in total. The number of para-hydroxylation sites is 1. The lowest BCUT2D eigenvalue weighted by Crippen LogP contribution is -2.41. The molecule has 0 spiro atoms. The fourth-order valence-electron chi connectivity index (χ4n) is 2.97. The third-order valence-electron chi connectivity index (χ3n) is 4.55. The van der Waals surface area contributed by atoms with E-state index in [-0.39, 0.29) is 22.7 Å². The summed E-state index contributed by atoms with van der Waals surface area (Å²) in [5, 5.41) is 5.77. The Morgan fingerprint density at radius 3 is 2.34 bits per heavy atom. The number of benzene rings is 2. The number of morpholine rings is 1. The van der Waals surface area contributed by atoms with E-state index >= 15 is 0 Å². The Morgan fingerprint density at radius 1 is 0.969 bits per heavy atom. The molecule has 11 heteroatoms. The maximum absolute atomic E-state index is 13.0. The summed E-state index contributed by atoms with van der Waals surface area (Å²) in [6.45, 7) is 1.60. The first kappa shape index (κ1) is 22.9. The van der Waals surface area contributed by atoms with Crippen molar-refractivity contribution >= 4 is 29.6 Å². The minimum atomic E-state index is -4.60. The highest BCUT2D eigenvalue weighted by molar-refractivity contribution is 6.40. The number of anilines is 1. The summed E-state index contributed by atoms with van der Waals surface area (Å²) < 4.78 is 44.2. The first-order valence-corrected chi connectivity index (χ1v) is 9.54. The van der Waals surface area contributed by atoms with Crippen LogP contribution >= 0.6 is 0 Å². The van der Waals surface area contributed by atoms with Crippen molar-refractivity contribution in [2.75, 3.05) is 31.6 Å². The highest BCUT2D eigenvalue weighted by atomic mass is 19.4. The van der Waals surface area contributed by atoms with Gasteiger partial charge in [-0.3, -0.25) is 14.4 Å². The van der Waals surface area contributed by atoms with Gasteiger partial charge in [0.1, 0.15) is 0 Å². The lowest BCUT2D eigenvalue weighted by atomic mass is 10.1. The average Bonchev–Trinajstić information content (AvgIpc) is 2.79. The summed E-state index contributed by atoms with van der Waals surface area (Å²) in [4.78, 5) is 38.5. The SMILES string of the molecule is O=C(N/N=C\c1ccccc1C(F)(F)F)C(=O)Nc1ccccc1C(=O)N1CCOCC1. The van der Waals surface area contributed by atoms with Gasteiger partial charge in [-0.05, 0) is 18.2 Å². The molecular formula is C21H19F3N4O4. The number of hydrazone groups is 1. The Kier molecular flexibility index (Phi) is 7.21. The number of carbonyl (C=O) groups is 3. The quantitative estimate of drug-likeness (QED) is 0.426. The number of halogens is 3. The lowest BCUT2D eigenvalue weighted by molar-refractivity contribution is -0.137. The highest BCUT2D eigenvalue weighted by Gasteiger charge is 2.32. The second kappa shape index (κ2) is 10.1. The van der Waals surface area contributed by atoms with Gasteiger partial charge in [0.05, 0.1) is 36.2 Å². The van der Waals surface area contributed by atoms with Crippen LogP contribution in [0.25, 0.3) is 0 Å². The number of hydrogen-bond acceptors (Lipinski definition) is 5. The summed E-state index contributed by atoms with van der Waals surface area (Å²) in [7, 11) is 0. The van der Waals surface area contributed by atoms with Crippen molar-refractivity contribution in [1.29, 1.82) is 0 Å². The number of ether oxygens (including phenoxy) is 1. The molecule has 0 unspecified atom stereocenters.